The van der Waals surface area contributed by atoms with Crippen molar-refractivity contribution in [1.82, 2.24) is 0 Å². The van der Waals surface area contributed by atoms with Crippen molar-refractivity contribution in [1.29, 1.82) is 0 Å². The van der Waals surface area contributed by atoms with Crippen molar-refractivity contribution < 1.29 is 0 Å². The van der Waals surface area contributed by atoms with Crippen LogP contribution in [-0.4, -0.2) is 18.8 Å². The topological polar surface area (TPSA) is 104 Å². The van der Waals surface area contributed by atoms with Gasteiger partial charge < -0.3 is 22.9 Å². The van der Waals surface area contributed by atoms with Gasteiger partial charge in [0.05, 0.1) is 5.66 Å². The summed E-state index contributed by atoms with van der Waals surface area (Å²) in [5.74, 6) is 0.458. The van der Waals surface area contributed by atoms with Gasteiger partial charge in [-0.25, -0.2) is 0 Å². The molecule has 0 saturated carbocycles. The van der Waals surface area contributed by atoms with Crippen molar-refractivity contribution in [2.45, 2.75) is 96.1 Å². The Bertz CT molecular complexity index is 231. The molecule has 22 heavy (non-hydrogen) atoms. The Morgan fingerprint density at radius 3 is 1.73 bits per heavy atom. The summed E-state index contributed by atoms with van der Waals surface area (Å²) in [6.45, 7) is 3.83. The summed E-state index contributed by atoms with van der Waals surface area (Å²) >= 11 is 0. The fourth-order valence-corrected chi connectivity index (χ4v) is 3.15. The molecule has 4 heteroatoms. The zero-order valence-corrected chi connectivity index (χ0v) is 15.0. The maximum absolute atomic E-state index is 6.49. The average Bonchev–Trinajstić information content (AvgIpc) is 2.49. The van der Waals surface area contributed by atoms with Crippen molar-refractivity contribution in [2.24, 2.45) is 28.9 Å². The summed E-state index contributed by atoms with van der Waals surface area (Å²) in [5, 5.41) is 0. The van der Waals surface area contributed by atoms with Crippen LogP contribution >= 0.6 is 0 Å². The van der Waals surface area contributed by atoms with E-state index in [9.17, 15) is 0 Å². The van der Waals surface area contributed by atoms with Gasteiger partial charge in [-0.15, -0.1) is 0 Å². The molecule has 0 aromatic heterocycles. The first-order valence-corrected chi connectivity index (χ1v) is 9.56. The lowest BCUT2D eigenvalue weighted by molar-refractivity contribution is 0.215. The van der Waals surface area contributed by atoms with E-state index >= 15 is 0 Å². The molecule has 4 nitrogen and oxygen atoms in total. The number of unbranched alkanes of at least 4 members (excludes halogenated alkanes) is 7. The monoisotopic (exact) mass is 314 g/mol. The van der Waals surface area contributed by atoms with Crippen molar-refractivity contribution >= 4 is 0 Å². The summed E-state index contributed by atoms with van der Waals surface area (Å²) in [5.41, 5.74) is 23.6. The number of hydrogen-bond acceptors (Lipinski definition) is 4. The van der Waals surface area contributed by atoms with E-state index in [1.54, 1.807) is 0 Å². The van der Waals surface area contributed by atoms with Gasteiger partial charge in [0, 0.05) is 0 Å². The van der Waals surface area contributed by atoms with Gasteiger partial charge in [-0.05, 0) is 51.1 Å². The zero-order valence-electron chi connectivity index (χ0n) is 15.0. The normalized spacial score (nSPS) is 13.5. The van der Waals surface area contributed by atoms with E-state index in [1.165, 1.54) is 57.8 Å². The Kier molecular flexibility index (Phi) is 14.3. The van der Waals surface area contributed by atoms with Gasteiger partial charge in [0.2, 0.25) is 0 Å². The van der Waals surface area contributed by atoms with E-state index in [0.717, 1.165) is 38.8 Å². The molecule has 0 aromatic carbocycles. The molecule has 0 saturated heterocycles. The van der Waals surface area contributed by atoms with Crippen LogP contribution in [-0.2, 0) is 0 Å². The summed E-state index contributed by atoms with van der Waals surface area (Å²) < 4.78 is 0. The summed E-state index contributed by atoms with van der Waals surface area (Å²) in [6.07, 6.45) is 15.2. The van der Waals surface area contributed by atoms with Gasteiger partial charge >= 0.3 is 0 Å². The molecule has 134 valence electrons. The van der Waals surface area contributed by atoms with Crippen LogP contribution in [0.3, 0.4) is 0 Å². The van der Waals surface area contributed by atoms with Gasteiger partial charge in [-0.2, -0.15) is 0 Å². The first kappa shape index (κ1) is 21.8. The molecule has 0 rings (SSSR count). The first-order valence-electron chi connectivity index (χ1n) is 9.56. The second-order valence-corrected chi connectivity index (χ2v) is 6.90. The van der Waals surface area contributed by atoms with Crippen LogP contribution in [0.1, 0.15) is 90.4 Å². The number of hydrogen-bond donors (Lipinski definition) is 4. The molecular weight excluding hydrogens is 272 g/mol. The molecule has 0 aliphatic carbocycles. The first-order chi connectivity index (χ1) is 10.6. The van der Waals surface area contributed by atoms with E-state index in [4.69, 9.17) is 22.9 Å². The van der Waals surface area contributed by atoms with Gasteiger partial charge in [0.15, 0.2) is 0 Å². The van der Waals surface area contributed by atoms with Gasteiger partial charge in [0.25, 0.3) is 0 Å². The lowest BCUT2D eigenvalue weighted by Gasteiger charge is -2.34. The highest BCUT2D eigenvalue weighted by Gasteiger charge is 2.29. The smallest absolute Gasteiger partial charge is 0.0665 e. The summed E-state index contributed by atoms with van der Waals surface area (Å²) in [7, 11) is 0. The maximum Gasteiger partial charge on any atom is 0.0665 e. The molecule has 8 N–H and O–H groups in total. The predicted octanol–water partition coefficient (Wildman–Crippen LogP) is 3.22. The maximum atomic E-state index is 6.49. The number of nitrogens with two attached hydrogens (primary N) is 4. The Balaban J connectivity index is 4.12. The fourth-order valence-electron chi connectivity index (χ4n) is 3.15. The van der Waals surface area contributed by atoms with Crippen LogP contribution in [0.25, 0.3) is 0 Å². The van der Waals surface area contributed by atoms with Crippen LogP contribution in [0.2, 0.25) is 0 Å². The second-order valence-electron chi connectivity index (χ2n) is 6.90. The van der Waals surface area contributed by atoms with E-state index < -0.39 is 5.66 Å². The Morgan fingerprint density at radius 1 is 0.682 bits per heavy atom. The molecule has 0 aliphatic rings. The minimum Gasteiger partial charge on any atom is -0.330 e. The van der Waals surface area contributed by atoms with Crippen LogP contribution in [0.15, 0.2) is 0 Å². The summed E-state index contributed by atoms with van der Waals surface area (Å²) in [6, 6.07) is 0. The average molecular weight is 315 g/mol. The second kappa shape index (κ2) is 14.4. The summed E-state index contributed by atoms with van der Waals surface area (Å²) in [4.78, 5) is 0. The number of rotatable bonds is 16. The highest BCUT2D eigenvalue weighted by Crippen LogP contribution is 2.27. The molecular formula is C18H42N4. The molecule has 0 aliphatic heterocycles. The Labute approximate surface area is 138 Å². The highest BCUT2D eigenvalue weighted by atomic mass is 15.0. The SMILES string of the molecule is CCCCC(CCCCCCN)C(N)(N)CCCCCCN. The largest absolute Gasteiger partial charge is 0.330 e. The van der Waals surface area contributed by atoms with Crippen molar-refractivity contribution in [3.8, 4) is 0 Å². The fraction of sp³-hybridized carbons (Fsp3) is 1.00. The van der Waals surface area contributed by atoms with Crippen molar-refractivity contribution in [3.05, 3.63) is 0 Å². The molecule has 0 amide bonds. The minimum absolute atomic E-state index is 0.458. The third-order valence-electron chi connectivity index (χ3n) is 4.74. The van der Waals surface area contributed by atoms with E-state index in [2.05, 4.69) is 6.92 Å². The standard InChI is InChI=1S/C18H42N4/c1-2-3-12-17(13-8-4-6-10-15-19)18(21,22)14-9-5-7-11-16-20/h17H,2-16,19-22H2,1H3. The van der Waals surface area contributed by atoms with Crippen LogP contribution < -0.4 is 22.9 Å². The molecule has 0 heterocycles. The van der Waals surface area contributed by atoms with Gasteiger partial charge in [-0.1, -0.05) is 58.3 Å². The molecule has 0 fully saturated rings. The van der Waals surface area contributed by atoms with Crippen LogP contribution in [0.4, 0.5) is 0 Å². The highest BCUT2D eigenvalue weighted by molar-refractivity contribution is 4.85. The lowest BCUT2D eigenvalue weighted by Crippen LogP contribution is -2.55. The predicted molar refractivity (Wildman–Crippen MR) is 98.4 cm³/mol. The third-order valence-corrected chi connectivity index (χ3v) is 4.74. The third kappa shape index (κ3) is 11.4. The molecule has 0 radical (unpaired) electrons. The minimum atomic E-state index is -0.494. The molecule has 0 spiro atoms. The van der Waals surface area contributed by atoms with E-state index in [-0.39, 0.29) is 0 Å². The van der Waals surface area contributed by atoms with Crippen molar-refractivity contribution in [3.63, 3.8) is 0 Å². The molecule has 1 unspecified atom stereocenters. The Hall–Kier alpha value is -0.160. The zero-order chi connectivity index (χ0) is 16.7. The van der Waals surface area contributed by atoms with E-state index in [0.29, 0.717) is 5.92 Å². The van der Waals surface area contributed by atoms with Gasteiger partial charge in [0.1, 0.15) is 0 Å². The van der Waals surface area contributed by atoms with Crippen LogP contribution in [0.5, 0.6) is 0 Å². The molecule has 0 aromatic rings. The van der Waals surface area contributed by atoms with E-state index in [1.807, 2.05) is 0 Å². The van der Waals surface area contributed by atoms with Crippen LogP contribution in [0, 0.1) is 5.92 Å². The Morgan fingerprint density at radius 2 is 1.18 bits per heavy atom. The molecule has 0 bridgehead atoms. The van der Waals surface area contributed by atoms with Crippen molar-refractivity contribution in [2.75, 3.05) is 13.1 Å². The molecule has 1 atom stereocenters. The lowest BCUT2D eigenvalue weighted by atomic mass is 9.81. The van der Waals surface area contributed by atoms with Gasteiger partial charge in [-0.3, -0.25) is 0 Å². The quantitative estimate of drug-likeness (QED) is 0.259.